The maximum atomic E-state index is 12.1. The summed E-state index contributed by atoms with van der Waals surface area (Å²) in [4.78, 5) is 14.6. The van der Waals surface area contributed by atoms with Gasteiger partial charge in [-0.2, -0.15) is 0 Å². The van der Waals surface area contributed by atoms with Crippen molar-refractivity contribution in [3.05, 3.63) is 48.0 Å². The molecule has 3 nitrogen and oxygen atoms in total. The highest BCUT2D eigenvalue weighted by atomic mass is 16.5. The lowest BCUT2D eigenvalue weighted by atomic mass is 9.86. The molecule has 1 aromatic carbocycles. The molecule has 2 aliphatic heterocycles. The van der Waals surface area contributed by atoms with E-state index in [0.717, 1.165) is 31.4 Å². The van der Waals surface area contributed by atoms with Crippen LogP contribution in [-0.4, -0.2) is 29.6 Å². The molecule has 2 saturated heterocycles. The number of fused-ring (bicyclic) bond motifs is 2. The molecule has 21 heavy (non-hydrogen) atoms. The number of hydrogen-bond acceptors (Lipinski definition) is 3. The zero-order valence-corrected chi connectivity index (χ0v) is 12.6. The summed E-state index contributed by atoms with van der Waals surface area (Å²) >= 11 is 0. The summed E-state index contributed by atoms with van der Waals surface area (Å²) in [6.45, 7) is 7.49. The maximum absolute atomic E-state index is 12.1. The minimum absolute atomic E-state index is 0.0845. The fourth-order valence-corrected chi connectivity index (χ4v) is 3.77. The molecule has 0 aliphatic carbocycles. The second kappa shape index (κ2) is 6.02. The molecular formula is C18H23NO2. The Hall–Kier alpha value is -1.61. The molecule has 2 bridgehead atoms. The third-order valence-electron chi connectivity index (χ3n) is 4.81. The Morgan fingerprint density at radius 3 is 2.81 bits per heavy atom. The largest absolute Gasteiger partial charge is 0.466 e. The lowest BCUT2D eigenvalue weighted by molar-refractivity contribution is -0.148. The number of ether oxygens (including phenoxy) is 1. The van der Waals surface area contributed by atoms with Gasteiger partial charge in [-0.1, -0.05) is 36.9 Å². The number of piperidine rings is 1. The molecule has 3 rings (SSSR count). The first-order chi connectivity index (χ1) is 10.2. The van der Waals surface area contributed by atoms with Crippen molar-refractivity contribution >= 4 is 5.97 Å². The Bertz CT molecular complexity index is 525. The third kappa shape index (κ3) is 2.75. The number of carbonyl (C=O) groups is 1. The molecule has 112 valence electrons. The van der Waals surface area contributed by atoms with Gasteiger partial charge in [0.2, 0.25) is 0 Å². The van der Waals surface area contributed by atoms with Crippen molar-refractivity contribution in [3.8, 4) is 0 Å². The van der Waals surface area contributed by atoms with E-state index in [9.17, 15) is 4.79 Å². The van der Waals surface area contributed by atoms with Crippen LogP contribution in [0.1, 0.15) is 31.7 Å². The van der Waals surface area contributed by atoms with Crippen LogP contribution in [0, 0.1) is 5.92 Å². The number of benzene rings is 1. The SMILES string of the molecule is C=C1C(C(=O)OCC)CC2CCC1N2Cc1ccccc1. The molecule has 3 atom stereocenters. The number of nitrogens with zero attached hydrogens (tertiary/aromatic N) is 1. The van der Waals surface area contributed by atoms with Gasteiger partial charge in [-0.25, -0.2) is 0 Å². The fraction of sp³-hybridized carbons (Fsp3) is 0.500. The van der Waals surface area contributed by atoms with E-state index >= 15 is 0 Å². The van der Waals surface area contributed by atoms with Crippen LogP contribution in [0.4, 0.5) is 0 Å². The van der Waals surface area contributed by atoms with E-state index in [2.05, 4.69) is 35.7 Å². The molecule has 0 aromatic heterocycles. The lowest BCUT2D eigenvalue weighted by Gasteiger charge is -2.39. The summed E-state index contributed by atoms with van der Waals surface area (Å²) in [5.41, 5.74) is 2.38. The topological polar surface area (TPSA) is 29.5 Å². The third-order valence-corrected chi connectivity index (χ3v) is 4.81. The smallest absolute Gasteiger partial charge is 0.313 e. The molecule has 1 aromatic rings. The van der Waals surface area contributed by atoms with Gasteiger partial charge in [0.1, 0.15) is 0 Å². The highest BCUT2D eigenvalue weighted by Gasteiger charge is 2.45. The number of hydrogen-bond donors (Lipinski definition) is 0. The normalized spacial score (nSPS) is 28.6. The standard InChI is InChI=1S/C18H23NO2/c1-3-21-18(20)16-11-15-9-10-17(13(16)2)19(15)12-14-7-5-4-6-8-14/h4-8,15-17H,2-3,9-12H2,1H3. The van der Waals surface area contributed by atoms with Gasteiger partial charge < -0.3 is 4.74 Å². The molecule has 3 heteroatoms. The number of rotatable bonds is 4. The van der Waals surface area contributed by atoms with E-state index < -0.39 is 0 Å². The van der Waals surface area contributed by atoms with Gasteiger partial charge in [-0.15, -0.1) is 0 Å². The Labute approximate surface area is 126 Å². The highest BCUT2D eigenvalue weighted by Crippen LogP contribution is 2.42. The van der Waals surface area contributed by atoms with Crippen LogP contribution in [0.3, 0.4) is 0 Å². The minimum atomic E-state index is -0.102. The van der Waals surface area contributed by atoms with Crippen molar-refractivity contribution in [3.63, 3.8) is 0 Å². The van der Waals surface area contributed by atoms with Crippen LogP contribution in [-0.2, 0) is 16.1 Å². The monoisotopic (exact) mass is 285 g/mol. The summed E-state index contributed by atoms with van der Waals surface area (Å²) in [5, 5.41) is 0. The second-order valence-electron chi connectivity index (χ2n) is 6.02. The minimum Gasteiger partial charge on any atom is -0.466 e. The molecule has 0 spiro atoms. The van der Waals surface area contributed by atoms with Gasteiger partial charge in [0, 0.05) is 18.6 Å². The van der Waals surface area contributed by atoms with Crippen molar-refractivity contribution < 1.29 is 9.53 Å². The average Bonchev–Trinajstić information content (AvgIpc) is 2.78. The summed E-state index contributed by atoms with van der Waals surface area (Å²) < 4.78 is 5.21. The van der Waals surface area contributed by atoms with Crippen molar-refractivity contribution in [2.24, 2.45) is 5.92 Å². The highest BCUT2D eigenvalue weighted by molar-refractivity contribution is 5.76. The number of esters is 1. The van der Waals surface area contributed by atoms with Gasteiger partial charge in [-0.3, -0.25) is 9.69 Å². The zero-order valence-electron chi connectivity index (χ0n) is 12.6. The molecule has 3 unspecified atom stereocenters. The fourth-order valence-electron chi connectivity index (χ4n) is 3.77. The van der Waals surface area contributed by atoms with Crippen molar-refractivity contribution in [1.29, 1.82) is 0 Å². The molecule has 0 amide bonds. The van der Waals surface area contributed by atoms with Crippen molar-refractivity contribution in [2.45, 2.75) is 44.8 Å². The molecule has 2 fully saturated rings. The Morgan fingerprint density at radius 1 is 1.33 bits per heavy atom. The van der Waals surface area contributed by atoms with Gasteiger partial charge >= 0.3 is 5.97 Å². The number of carbonyl (C=O) groups excluding carboxylic acids is 1. The van der Waals surface area contributed by atoms with Gasteiger partial charge in [0.15, 0.2) is 0 Å². The van der Waals surface area contributed by atoms with E-state index in [1.54, 1.807) is 0 Å². The van der Waals surface area contributed by atoms with Crippen molar-refractivity contribution in [2.75, 3.05) is 6.61 Å². The average molecular weight is 285 g/mol. The van der Waals surface area contributed by atoms with E-state index in [4.69, 9.17) is 4.74 Å². The van der Waals surface area contributed by atoms with Crippen LogP contribution < -0.4 is 0 Å². The Balaban J connectivity index is 1.73. The Morgan fingerprint density at radius 2 is 2.10 bits per heavy atom. The van der Waals surface area contributed by atoms with Crippen LogP contribution in [0.25, 0.3) is 0 Å². The summed E-state index contributed by atoms with van der Waals surface area (Å²) in [6, 6.07) is 11.4. The van der Waals surface area contributed by atoms with E-state index in [1.807, 2.05) is 13.0 Å². The van der Waals surface area contributed by atoms with Crippen LogP contribution in [0.15, 0.2) is 42.5 Å². The first-order valence-corrected chi connectivity index (χ1v) is 7.85. The molecule has 2 aliphatic rings. The van der Waals surface area contributed by atoms with Crippen molar-refractivity contribution in [1.82, 2.24) is 4.90 Å². The Kier molecular flexibility index (Phi) is 4.11. The lowest BCUT2D eigenvalue weighted by Crippen LogP contribution is -2.45. The predicted molar refractivity (Wildman–Crippen MR) is 82.7 cm³/mol. The first kappa shape index (κ1) is 14.3. The van der Waals surface area contributed by atoms with E-state index in [-0.39, 0.29) is 11.9 Å². The molecular weight excluding hydrogens is 262 g/mol. The molecule has 0 saturated carbocycles. The summed E-state index contributed by atoms with van der Waals surface area (Å²) in [6.07, 6.45) is 3.14. The van der Waals surface area contributed by atoms with E-state index in [1.165, 1.54) is 5.56 Å². The van der Waals surface area contributed by atoms with Gasteiger partial charge in [0.25, 0.3) is 0 Å². The summed E-state index contributed by atoms with van der Waals surface area (Å²) in [7, 11) is 0. The quantitative estimate of drug-likeness (QED) is 0.628. The van der Waals surface area contributed by atoms with Gasteiger partial charge in [0.05, 0.1) is 12.5 Å². The zero-order chi connectivity index (χ0) is 14.8. The molecule has 0 N–H and O–H groups in total. The predicted octanol–water partition coefficient (Wildman–Crippen LogP) is 3.16. The van der Waals surface area contributed by atoms with Crippen LogP contribution in [0.5, 0.6) is 0 Å². The second-order valence-corrected chi connectivity index (χ2v) is 6.02. The van der Waals surface area contributed by atoms with Crippen LogP contribution >= 0.6 is 0 Å². The molecule has 2 heterocycles. The summed E-state index contributed by atoms with van der Waals surface area (Å²) in [5.74, 6) is -0.187. The van der Waals surface area contributed by atoms with E-state index in [0.29, 0.717) is 18.7 Å². The van der Waals surface area contributed by atoms with Gasteiger partial charge in [-0.05, 0) is 37.3 Å². The molecule has 0 radical (unpaired) electrons. The maximum Gasteiger partial charge on any atom is 0.313 e. The first-order valence-electron chi connectivity index (χ1n) is 7.85. The van der Waals surface area contributed by atoms with Crippen LogP contribution in [0.2, 0.25) is 0 Å².